The average Bonchev–Trinajstić information content (AvgIpc) is 3.01. The lowest BCUT2D eigenvalue weighted by molar-refractivity contribution is 0.328. The molecule has 0 aliphatic carbocycles. The van der Waals surface area contributed by atoms with Crippen LogP contribution in [0.1, 0.15) is 13.3 Å². The fourth-order valence-corrected chi connectivity index (χ4v) is 3.93. The Balaban J connectivity index is 0.00000192. The van der Waals surface area contributed by atoms with Crippen molar-refractivity contribution in [3.63, 3.8) is 0 Å². The van der Waals surface area contributed by atoms with Crippen molar-refractivity contribution >= 4 is 22.4 Å². The zero-order valence-corrected chi connectivity index (χ0v) is 14.5. The molecule has 2 heterocycles. The summed E-state index contributed by atoms with van der Waals surface area (Å²) in [5.41, 5.74) is 0.833. The highest BCUT2D eigenvalue weighted by Crippen LogP contribution is 2.16. The monoisotopic (exact) mass is 356 g/mol. The number of para-hydroxylation sites is 1. The van der Waals surface area contributed by atoms with Crippen LogP contribution in [0.3, 0.4) is 0 Å². The van der Waals surface area contributed by atoms with E-state index in [-0.39, 0.29) is 29.3 Å². The van der Waals surface area contributed by atoms with Gasteiger partial charge in [0, 0.05) is 6.04 Å². The number of hydrogen-bond donors (Lipinski definition) is 2. The van der Waals surface area contributed by atoms with Crippen molar-refractivity contribution in [2.24, 2.45) is 5.92 Å². The van der Waals surface area contributed by atoms with Gasteiger partial charge in [-0.3, -0.25) is 0 Å². The Morgan fingerprint density at radius 3 is 2.74 bits per heavy atom. The molecule has 1 saturated heterocycles. The largest absolute Gasteiger partial charge is 0.316 e. The molecule has 2 aromatic rings. The molecule has 3 rings (SSSR count). The summed E-state index contributed by atoms with van der Waals surface area (Å²) >= 11 is 0. The maximum atomic E-state index is 12.5. The second-order valence-corrected chi connectivity index (χ2v) is 7.37. The molecule has 0 spiro atoms. The molecule has 0 bridgehead atoms. The second kappa shape index (κ2) is 7.44. The third kappa shape index (κ3) is 4.11. The van der Waals surface area contributed by atoms with Crippen LogP contribution in [0, 0.1) is 5.92 Å². The van der Waals surface area contributed by atoms with Crippen LogP contribution >= 0.6 is 12.4 Å². The first kappa shape index (κ1) is 17.9. The molecule has 23 heavy (non-hydrogen) atoms. The maximum Gasteiger partial charge on any atom is 0.243 e. The Labute approximate surface area is 142 Å². The Kier molecular flexibility index (Phi) is 5.80. The van der Waals surface area contributed by atoms with Crippen molar-refractivity contribution in [2.75, 3.05) is 13.1 Å². The van der Waals surface area contributed by atoms with E-state index in [0.717, 1.165) is 25.2 Å². The summed E-state index contributed by atoms with van der Waals surface area (Å²) in [6, 6.07) is 9.41. The molecule has 0 radical (unpaired) electrons. The molecule has 8 heteroatoms. The van der Waals surface area contributed by atoms with E-state index in [2.05, 4.69) is 15.1 Å². The van der Waals surface area contributed by atoms with E-state index in [1.807, 2.05) is 37.3 Å². The normalized spacial score (nSPS) is 21.6. The van der Waals surface area contributed by atoms with E-state index in [0.29, 0.717) is 0 Å². The van der Waals surface area contributed by atoms with Crippen LogP contribution in [0.25, 0.3) is 5.69 Å². The summed E-state index contributed by atoms with van der Waals surface area (Å²) in [5.74, 6) is 0.271. The van der Waals surface area contributed by atoms with E-state index >= 15 is 0 Å². The Morgan fingerprint density at radius 1 is 1.30 bits per heavy atom. The number of nitrogens with one attached hydrogen (secondary N) is 2. The van der Waals surface area contributed by atoms with Crippen LogP contribution in [0.2, 0.25) is 0 Å². The third-order valence-electron chi connectivity index (χ3n) is 3.98. The zero-order chi connectivity index (χ0) is 15.6. The predicted octanol–water partition coefficient (Wildman–Crippen LogP) is 1.57. The van der Waals surface area contributed by atoms with Crippen LogP contribution < -0.4 is 10.0 Å². The van der Waals surface area contributed by atoms with Crippen molar-refractivity contribution in [2.45, 2.75) is 24.3 Å². The number of sulfonamides is 1. The molecule has 1 fully saturated rings. The predicted molar refractivity (Wildman–Crippen MR) is 91.6 cm³/mol. The lowest BCUT2D eigenvalue weighted by Gasteiger charge is -2.29. The highest BCUT2D eigenvalue weighted by Gasteiger charge is 2.27. The number of halogens is 1. The SMILES string of the molecule is CC1CNCCC1NS(=O)(=O)c1cnn(-c2ccccc2)c1.Cl. The Hall–Kier alpha value is -1.41. The van der Waals surface area contributed by atoms with Crippen molar-refractivity contribution in [3.8, 4) is 5.69 Å². The van der Waals surface area contributed by atoms with E-state index in [9.17, 15) is 8.42 Å². The highest BCUT2D eigenvalue weighted by atomic mass is 35.5. The van der Waals surface area contributed by atoms with Gasteiger partial charge in [0.25, 0.3) is 0 Å². The Bertz CT molecular complexity index is 733. The molecule has 1 aromatic heterocycles. The van der Waals surface area contributed by atoms with Gasteiger partial charge in [0.05, 0.1) is 18.1 Å². The van der Waals surface area contributed by atoms with Crippen LogP contribution in [0.4, 0.5) is 0 Å². The van der Waals surface area contributed by atoms with Gasteiger partial charge in [-0.25, -0.2) is 17.8 Å². The fourth-order valence-electron chi connectivity index (χ4n) is 2.62. The first-order valence-corrected chi connectivity index (χ1v) is 8.88. The van der Waals surface area contributed by atoms with Gasteiger partial charge in [0.15, 0.2) is 0 Å². The van der Waals surface area contributed by atoms with Crippen molar-refractivity contribution < 1.29 is 8.42 Å². The summed E-state index contributed by atoms with van der Waals surface area (Å²) in [7, 11) is -3.54. The van der Waals surface area contributed by atoms with Gasteiger partial charge in [0.1, 0.15) is 4.90 Å². The van der Waals surface area contributed by atoms with Gasteiger partial charge in [-0.15, -0.1) is 12.4 Å². The molecule has 2 N–H and O–H groups in total. The highest BCUT2D eigenvalue weighted by molar-refractivity contribution is 7.89. The second-order valence-electron chi connectivity index (χ2n) is 5.65. The molecule has 1 aliphatic rings. The topological polar surface area (TPSA) is 76.0 Å². The molecule has 6 nitrogen and oxygen atoms in total. The minimum Gasteiger partial charge on any atom is -0.316 e. The number of nitrogens with zero attached hydrogens (tertiary/aromatic N) is 2. The quantitative estimate of drug-likeness (QED) is 0.871. The van der Waals surface area contributed by atoms with Crippen LogP contribution in [0.5, 0.6) is 0 Å². The molecule has 1 aliphatic heterocycles. The van der Waals surface area contributed by atoms with Crippen molar-refractivity contribution in [3.05, 3.63) is 42.7 Å². The molecule has 0 saturated carbocycles. The number of aromatic nitrogens is 2. The smallest absolute Gasteiger partial charge is 0.243 e. The number of piperidine rings is 1. The van der Waals surface area contributed by atoms with Crippen molar-refractivity contribution in [1.82, 2.24) is 19.8 Å². The first-order chi connectivity index (χ1) is 10.6. The van der Waals surface area contributed by atoms with E-state index in [1.165, 1.54) is 6.20 Å². The standard InChI is InChI=1S/C15H20N4O2S.ClH/c1-12-9-16-8-7-15(12)18-22(20,21)14-10-17-19(11-14)13-5-3-2-4-6-13;/h2-6,10-12,15-16,18H,7-9H2,1H3;1H. The molecular formula is C15H21ClN4O2S. The van der Waals surface area contributed by atoms with Crippen LogP contribution in [-0.4, -0.2) is 37.3 Å². The zero-order valence-electron chi connectivity index (χ0n) is 12.8. The lowest BCUT2D eigenvalue weighted by atomic mass is 9.97. The van der Waals surface area contributed by atoms with Gasteiger partial charge in [-0.05, 0) is 37.6 Å². The van der Waals surface area contributed by atoms with Gasteiger partial charge in [-0.1, -0.05) is 25.1 Å². The molecule has 0 amide bonds. The molecular weight excluding hydrogens is 336 g/mol. The summed E-state index contributed by atoms with van der Waals surface area (Å²) in [6.07, 6.45) is 3.73. The van der Waals surface area contributed by atoms with Gasteiger partial charge >= 0.3 is 0 Å². The minimum atomic E-state index is -3.54. The van der Waals surface area contributed by atoms with Gasteiger partial charge in [0.2, 0.25) is 10.0 Å². The van der Waals surface area contributed by atoms with Crippen LogP contribution in [-0.2, 0) is 10.0 Å². The minimum absolute atomic E-state index is 0. The maximum absolute atomic E-state index is 12.5. The van der Waals surface area contributed by atoms with Crippen LogP contribution in [0.15, 0.2) is 47.6 Å². The summed E-state index contributed by atoms with van der Waals surface area (Å²) < 4.78 is 29.4. The number of rotatable bonds is 4. The van der Waals surface area contributed by atoms with Gasteiger partial charge in [-0.2, -0.15) is 5.10 Å². The molecule has 2 atom stereocenters. The molecule has 126 valence electrons. The Morgan fingerprint density at radius 2 is 2.04 bits per heavy atom. The van der Waals surface area contributed by atoms with Crippen molar-refractivity contribution in [1.29, 1.82) is 0 Å². The number of hydrogen-bond acceptors (Lipinski definition) is 4. The fraction of sp³-hybridized carbons (Fsp3) is 0.400. The first-order valence-electron chi connectivity index (χ1n) is 7.39. The molecule has 2 unspecified atom stereocenters. The van der Waals surface area contributed by atoms with E-state index < -0.39 is 10.0 Å². The molecule has 1 aromatic carbocycles. The lowest BCUT2D eigenvalue weighted by Crippen LogP contribution is -2.48. The van der Waals surface area contributed by atoms with Gasteiger partial charge < -0.3 is 5.32 Å². The summed E-state index contributed by atoms with van der Waals surface area (Å²) in [6.45, 7) is 3.71. The average molecular weight is 357 g/mol. The third-order valence-corrected chi connectivity index (χ3v) is 5.43. The summed E-state index contributed by atoms with van der Waals surface area (Å²) in [4.78, 5) is 0.196. The van der Waals surface area contributed by atoms with E-state index in [1.54, 1.807) is 10.9 Å². The van der Waals surface area contributed by atoms with E-state index in [4.69, 9.17) is 0 Å². The summed E-state index contributed by atoms with van der Waals surface area (Å²) in [5, 5.41) is 7.41. The number of benzene rings is 1.